The molecule has 0 bridgehead atoms. The molecule has 0 aromatic heterocycles. The van der Waals surface area contributed by atoms with Crippen LogP contribution in [0.2, 0.25) is 0 Å². The van der Waals surface area contributed by atoms with Crippen LogP contribution in [0.4, 0.5) is 22.7 Å². The van der Waals surface area contributed by atoms with Crippen molar-refractivity contribution in [1.29, 1.82) is 0 Å². The van der Waals surface area contributed by atoms with Crippen LogP contribution in [-0.2, 0) is 20.2 Å². The van der Waals surface area contributed by atoms with Gasteiger partial charge in [-0.15, -0.1) is 0 Å². The van der Waals surface area contributed by atoms with Crippen LogP contribution in [0.15, 0.2) is 114 Å². The second-order valence-corrected chi connectivity index (χ2v) is 15.7. The molecule has 2 aliphatic rings. The minimum Gasteiger partial charge on any atom is -0.412 e. The molecule has 49 heavy (non-hydrogen) atoms. The van der Waals surface area contributed by atoms with Crippen molar-refractivity contribution in [2.24, 2.45) is 0 Å². The number of hydrogen-bond acceptors (Lipinski definition) is 10. The van der Waals surface area contributed by atoms with Crippen molar-refractivity contribution in [2.75, 3.05) is 51.1 Å². The summed E-state index contributed by atoms with van der Waals surface area (Å²) in [6, 6.07) is 25.6. The number of anilines is 4. The summed E-state index contributed by atoms with van der Waals surface area (Å²) in [5, 5.41) is 5.50. The summed E-state index contributed by atoms with van der Waals surface area (Å²) in [4.78, 5) is 8.37. The monoisotopic (exact) mass is 750 g/mol. The van der Waals surface area contributed by atoms with Crippen molar-refractivity contribution in [2.45, 2.75) is 56.1 Å². The van der Waals surface area contributed by atoms with Crippen LogP contribution in [0, 0.1) is 0 Å². The fourth-order valence-electron chi connectivity index (χ4n) is 4.87. The number of rotatable bonds is 6. The van der Waals surface area contributed by atoms with Crippen molar-refractivity contribution in [3.05, 3.63) is 84.9 Å². The first-order valence-corrected chi connectivity index (χ1v) is 19.8. The lowest BCUT2D eigenvalue weighted by Gasteiger charge is -2.32. The molecule has 0 saturated carbocycles. The Morgan fingerprint density at radius 3 is 1.16 bits per heavy atom. The highest BCUT2D eigenvalue weighted by atomic mass is 32.2. The third-order valence-electron chi connectivity index (χ3n) is 6.68. The van der Waals surface area contributed by atoms with Crippen molar-refractivity contribution in [3.8, 4) is 0 Å². The SMILES string of the molecule is CCCN1c2ccccc2Sc2ccc(S(=O)(=O)O)cc21.CCCN1c2ccccc2Sc2ccc(S(=O)(=O)O)cc21.CNC.CNC.O. The predicted molar refractivity (Wildman–Crippen MR) is 202 cm³/mol. The summed E-state index contributed by atoms with van der Waals surface area (Å²) in [7, 11) is -0.876. The van der Waals surface area contributed by atoms with E-state index in [1.54, 1.807) is 47.8 Å². The topological polar surface area (TPSA) is 171 Å². The van der Waals surface area contributed by atoms with Crippen molar-refractivity contribution < 1.29 is 31.4 Å². The highest BCUT2D eigenvalue weighted by Gasteiger charge is 2.26. The highest BCUT2D eigenvalue weighted by molar-refractivity contribution is 8.00. The number of benzene rings is 4. The van der Waals surface area contributed by atoms with E-state index in [0.717, 1.165) is 68.3 Å². The number of fused-ring (bicyclic) bond motifs is 4. The molecule has 0 spiro atoms. The van der Waals surface area contributed by atoms with Gasteiger partial charge in [-0.1, -0.05) is 61.6 Å². The summed E-state index contributed by atoms with van der Waals surface area (Å²) in [5.74, 6) is 0. The van der Waals surface area contributed by atoms with E-state index in [0.29, 0.717) is 0 Å². The van der Waals surface area contributed by atoms with Gasteiger partial charge in [-0.3, -0.25) is 9.11 Å². The highest BCUT2D eigenvalue weighted by Crippen LogP contribution is 2.49. The van der Waals surface area contributed by atoms with E-state index in [1.165, 1.54) is 12.1 Å². The second kappa shape index (κ2) is 19.3. The Balaban J connectivity index is 0.000000288. The number of nitrogens with one attached hydrogen (secondary N) is 2. The summed E-state index contributed by atoms with van der Waals surface area (Å²) in [5.41, 5.74) is 3.81. The Kier molecular flexibility index (Phi) is 16.6. The van der Waals surface area contributed by atoms with E-state index in [2.05, 4.69) is 46.4 Å². The van der Waals surface area contributed by atoms with Crippen LogP contribution in [-0.4, -0.2) is 72.7 Å². The van der Waals surface area contributed by atoms with Gasteiger partial charge in [0.05, 0.1) is 32.5 Å². The summed E-state index contributed by atoms with van der Waals surface area (Å²) in [6.45, 7) is 5.74. The van der Waals surface area contributed by atoms with Gasteiger partial charge in [0.15, 0.2) is 0 Å². The van der Waals surface area contributed by atoms with Gasteiger partial charge in [-0.25, -0.2) is 0 Å². The first-order chi connectivity index (χ1) is 22.8. The van der Waals surface area contributed by atoms with Crippen molar-refractivity contribution in [1.82, 2.24) is 10.6 Å². The smallest absolute Gasteiger partial charge is 0.294 e. The Hall–Kier alpha value is -3.12. The maximum atomic E-state index is 11.4. The van der Waals surface area contributed by atoms with Gasteiger partial charge < -0.3 is 25.9 Å². The van der Waals surface area contributed by atoms with Gasteiger partial charge in [0, 0.05) is 32.7 Å². The summed E-state index contributed by atoms with van der Waals surface area (Å²) >= 11 is 3.23. The second-order valence-electron chi connectivity index (χ2n) is 10.7. The standard InChI is InChI=1S/2C15H15NO3S2.2C2H7N.H2O/c2*1-2-9-16-12-5-3-4-6-14(12)20-15-8-7-11(10-13(15)16)21(17,18)19;2*1-3-2;/h2*3-8,10H,2,9H2,1H3,(H,17,18,19);2*3H,1-2H3;1H2. The number of nitrogens with zero attached hydrogens (tertiary/aromatic N) is 2. The first-order valence-electron chi connectivity index (χ1n) is 15.3. The van der Waals surface area contributed by atoms with Crippen LogP contribution in [0.5, 0.6) is 0 Å². The molecule has 0 aliphatic carbocycles. The van der Waals surface area contributed by atoms with Crippen LogP contribution < -0.4 is 20.4 Å². The van der Waals surface area contributed by atoms with Gasteiger partial charge in [-0.2, -0.15) is 16.8 Å². The zero-order valence-electron chi connectivity index (χ0n) is 28.5. The molecule has 4 aromatic carbocycles. The Morgan fingerprint density at radius 2 is 0.857 bits per heavy atom. The van der Waals surface area contributed by atoms with Gasteiger partial charge >= 0.3 is 0 Å². The molecule has 15 heteroatoms. The fraction of sp³-hybridized carbons (Fsp3) is 0.294. The largest absolute Gasteiger partial charge is 0.412 e. The number of para-hydroxylation sites is 2. The van der Waals surface area contributed by atoms with Crippen LogP contribution >= 0.6 is 23.5 Å². The van der Waals surface area contributed by atoms with Gasteiger partial charge in [0.1, 0.15) is 0 Å². The molecule has 0 saturated heterocycles. The Morgan fingerprint density at radius 1 is 0.551 bits per heavy atom. The fourth-order valence-corrected chi connectivity index (χ4v) is 8.02. The van der Waals surface area contributed by atoms with Crippen molar-refractivity contribution >= 4 is 66.5 Å². The minimum absolute atomic E-state index is 0. The molecule has 0 fully saturated rings. The molecular formula is C34H46N4O7S4. The minimum atomic E-state index is -4.19. The van der Waals surface area contributed by atoms with E-state index < -0.39 is 20.2 Å². The first kappa shape index (κ1) is 42.0. The van der Waals surface area contributed by atoms with E-state index in [9.17, 15) is 25.9 Å². The zero-order valence-corrected chi connectivity index (χ0v) is 31.7. The molecule has 2 heterocycles. The average molecular weight is 751 g/mol. The molecule has 2 aliphatic heterocycles. The van der Waals surface area contributed by atoms with E-state index in [1.807, 2.05) is 64.6 Å². The molecular weight excluding hydrogens is 705 g/mol. The Labute approximate surface area is 299 Å². The molecule has 0 radical (unpaired) electrons. The van der Waals surface area contributed by atoms with Gasteiger partial charge in [-0.05, 0) is 102 Å². The molecule has 0 atom stereocenters. The maximum Gasteiger partial charge on any atom is 0.294 e. The van der Waals surface area contributed by atoms with Crippen LogP contribution in [0.3, 0.4) is 0 Å². The predicted octanol–water partition coefficient (Wildman–Crippen LogP) is 6.74. The lowest BCUT2D eigenvalue weighted by atomic mass is 10.2. The normalized spacial score (nSPS) is 12.5. The molecule has 0 amide bonds. The third kappa shape index (κ3) is 10.9. The molecule has 6 N–H and O–H groups in total. The third-order valence-corrected chi connectivity index (χ3v) is 10.6. The zero-order chi connectivity index (χ0) is 35.5. The van der Waals surface area contributed by atoms with E-state index >= 15 is 0 Å². The summed E-state index contributed by atoms with van der Waals surface area (Å²) in [6.07, 6.45) is 1.88. The average Bonchev–Trinajstić information content (AvgIpc) is 3.04. The van der Waals surface area contributed by atoms with E-state index in [4.69, 9.17) is 0 Å². The van der Waals surface area contributed by atoms with Crippen LogP contribution in [0.1, 0.15) is 26.7 Å². The molecule has 268 valence electrons. The van der Waals surface area contributed by atoms with Gasteiger partial charge in [0.2, 0.25) is 0 Å². The van der Waals surface area contributed by atoms with Crippen LogP contribution in [0.25, 0.3) is 0 Å². The van der Waals surface area contributed by atoms with Crippen molar-refractivity contribution in [3.63, 3.8) is 0 Å². The lowest BCUT2D eigenvalue weighted by Crippen LogP contribution is -2.21. The maximum absolute atomic E-state index is 11.4. The Bertz CT molecular complexity index is 1750. The number of hydrogen-bond donors (Lipinski definition) is 4. The lowest BCUT2D eigenvalue weighted by molar-refractivity contribution is 0.481. The quantitative estimate of drug-likeness (QED) is 0.153. The summed E-state index contributed by atoms with van der Waals surface area (Å²) < 4.78 is 63.9. The van der Waals surface area contributed by atoms with E-state index in [-0.39, 0.29) is 15.3 Å². The molecule has 6 rings (SSSR count). The molecule has 0 unspecified atom stereocenters. The van der Waals surface area contributed by atoms with Gasteiger partial charge in [0.25, 0.3) is 20.2 Å². The molecule has 4 aromatic rings. The molecule has 11 nitrogen and oxygen atoms in total.